The van der Waals surface area contributed by atoms with E-state index in [9.17, 15) is 22.4 Å². The predicted octanol–water partition coefficient (Wildman–Crippen LogP) is 3.35. The Hall–Kier alpha value is -2.06. The topological polar surface area (TPSA) is 63.2 Å². The summed E-state index contributed by atoms with van der Waals surface area (Å²) in [6, 6.07) is 2.31. The van der Waals surface area contributed by atoms with Crippen LogP contribution in [0.3, 0.4) is 0 Å². The van der Waals surface area contributed by atoms with Crippen LogP contribution in [0.25, 0.3) is 0 Å². The van der Waals surface area contributed by atoms with E-state index in [0.29, 0.717) is 31.2 Å². The molecule has 2 rings (SSSR count). The van der Waals surface area contributed by atoms with E-state index in [1.807, 2.05) is 0 Å². The van der Waals surface area contributed by atoms with Crippen LogP contribution in [0.1, 0.15) is 31.2 Å². The van der Waals surface area contributed by atoms with Crippen LogP contribution in [-0.4, -0.2) is 37.0 Å². The molecule has 1 aromatic rings. The van der Waals surface area contributed by atoms with E-state index >= 15 is 0 Å². The molecule has 1 aliphatic rings. The number of hydrogen-bond donors (Lipinski definition) is 2. The number of ether oxygens (including phenoxy) is 1. The highest BCUT2D eigenvalue weighted by Gasteiger charge is 2.36. The molecule has 1 fully saturated rings. The van der Waals surface area contributed by atoms with Gasteiger partial charge in [0.1, 0.15) is 0 Å². The van der Waals surface area contributed by atoms with Crippen LogP contribution in [-0.2, 0) is 6.54 Å². The molecule has 140 valence electrons. The van der Waals surface area contributed by atoms with Gasteiger partial charge in [-0.05, 0) is 37.3 Å². The van der Waals surface area contributed by atoms with E-state index in [1.165, 1.54) is 12.3 Å². The number of aromatic nitrogens is 1. The summed E-state index contributed by atoms with van der Waals surface area (Å²) in [4.78, 5) is 15.5. The van der Waals surface area contributed by atoms with E-state index in [0.717, 1.165) is 0 Å². The Labute approximate surface area is 143 Å². The summed E-state index contributed by atoms with van der Waals surface area (Å²) in [7, 11) is 0. The fraction of sp³-hybridized carbons (Fsp3) is 0.625. The Morgan fingerprint density at radius 2 is 2.00 bits per heavy atom. The molecule has 0 radical (unpaired) electrons. The number of halogens is 4. The normalized spacial score (nSPS) is 17.3. The van der Waals surface area contributed by atoms with Gasteiger partial charge in [-0.25, -0.2) is 9.78 Å². The summed E-state index contributed by atoms with van der Waals surface area (Å²) in [5.74, 6) is -0.226. The number of carbonyl (C=O) groups excluding carboxylic acids is 1. The van der Waals surface area contributed by atoms with Crippen molar-refractivity contribution in [1.29, 1.82) is 0 Å². The second-order valence-corrected chi connectivity index (χ2v) is 6.25. The van der Waals surface area contributed by atoms with Crippen LogP contribution >= 0.6 is 0 Å². The standard InChI is InChI=1S/C16H21F4N3O2/c17-9-16(10-18)4-1-12(2-5-16)23-15(24)22-8-11-3-6-21-13(7-11)25-14(19)20/h3,6-7,12,14H,1-2,4-5,8-10H2,(H2,22,23,24). The van der Waals surface area contributed by atoms with Crippen LogP contribution in [0.2, 0.25) is 0 Å². The highest BCUT2D eigenvalue weighted by Crippen LogP contribution is 2.37. The Kier molecular flexibility index (Phi) is 6.83. The third-order valence-corrected chi connectivity index (χ3v) is 4.41. The maximum atomic E-state index is 12.9. The van der Waals surface area contributed by atoms with Crippen LogP contribution in [0.5, 0.6) is 5.88 Å². The highest BCUT2D eigenvalue weighted by molar-refractivity contribution is 5.74. The van der Waals surface area contributed by atoms with Gasteiger partial charge in [-0.3, -0.25) is 8.78 Å². The number of pyridine rings is 1. The molecule has 0 spiro atoms. The summed E-state index contributed by atoms with van der Waals surface area (Å²) in [6.45, 7) is -4.23. The largest absolute Gasteiger partial charge is 0.417 e. The molecule has 0 bridgehead atoms. The number of rotatable bonds is 7. The lowest BCUT2D eigenvalue weighted by atomic mass is 9.74. The molecule has 2 amide bonds. The molecule has 0 aliphatic heterocycles. The molecule has 1 saturated carbocycles. The quantitative estimate of drug-likeness (QED) is 0.731. The van der Waals surface area contributed by atoms with E-state index < -0.39 is 31.4 Å². The van der Waals surface area contributed by atoms with Gasteiger partial charge in [0.15, 0.2) is 0 Å². The molecule has 5 nitrogen and oxygen atoms in total. The third-order valence-electron chi connectivity index (χ3n) is 4.41. The van der Waals surface area contributed by atoms with Crippen molar-refractivity contribution in [2.24, 2.45) is 5.41 Å². The predicted molar refractivity (Wildman–Crippen MR) is 82.9 cm³/mol. The molecule has 0 aromatic carbocycles. The molecule has 0 unspecified atom stereocenters. The molecular formula is C16H21F4N3O2. The fourth-order valence-corrected chi connectivity index (χ4v) is 2.81. The third kappa shape index (κ3) is 5.75. The van der Waals surface area contributed by atoms with Gasteiger partial charge in [0, 0.05) is 30.3 Å². The van der Waals surface area contributed by atoms with Gasteiger partial charge in [0.2, 0.25) is 5.88 Å². The van der Waals surface area contributed by atoms with E-state index in [4.69, 9.17) is 0 Å². The minimum Gasteiger partial charge on any atom is -0.417 e. The molecule has 0 atom stereocenters. The molecule has 1 aromatic heterocycles. The van der Waals surface area contributed by atoms with E-state index in [1.54, 1.807) is 6.07 Å². The fourth-order valence-electron chi connectivity index (χ4n) is 2.81. The molecular weight excluding hydrogens is 342 g/mol. The first-order valence-corrected chi connectivity index (χ1v) is 8.02. The van der Waals surface area contributed by atoms with Gasteiger partial charge in [0.05, 0.1) is 13.3 Å². The van der Waals surface area contributed by atoms with E-state index in [-0.39, 0.29) is 18.5 Å². The molecule has 0 saturated heterocycles. The van der Waals surface area contributed by atoms with Crippen LogP contribution in [0.4, 0.5) is 22.4 Å². The Morgan fingerprint density at radius 1 is 1.32 bits per heavy atom. The molecule has 9 heteroatoms. The van der Waals surface area contributed by atoms with Crippen molar-refractivity contribution in [3.05, 3.63) is 23.9 Å². The van der Waals surface area contributed by atoms with Crippen molar-refractivity contribution in [1.82, 2.24) is 15.6 Å². The lowest BCUT2D eigenvalue weighted by molar-refractivity contribution is -0.0529. The lowest BCUT2D eigenvalue weighted by Crippen LogP contribution is -2.45. The van der Waals surface area contributed by atoms with Crippen molar-refractivity contribution >= 4 is 6.03 Å². The maximum absolute atomic E-state index is 12.9. The number of urea groups is 1. The average Bonchev–Trinajstić information content (AvgIpc) is 2.61. The van der Waals surface area contributed by atoms with Crippen molar-refractivity contribution in [2.45, 2.75) is 44.9 Å². The number of amides is 2. The van der Waals surface area contributed by atoms with Crippen LogP contribution in [0, 0.1) is 5.41 Å². The number of alkyl halides is 4. The van der Waals surface area contributed by atoms with Crippen molar-refractivity contribution in [3.8, 4) is 5.88 Å². The number of carbonyl (C=O) groups is 1. The summed E-state index contributed by atoms with van der Waals surface area (Å²) in [5, 5.41) is 5.37. The summed E-state index contributed by atoms with van der Waals surface area (Å²) in [6.07, 6.45) is 3.13. The minimum atomic E-state index is -2.97. The molecule has 1 aliphatic carbocycles. The Morgan fingerprint density at radius 3 is 2.60 bits per heavy atom. The first-order valence-electron chi connectivity index (χ1n) is 8.02. The monoisotopic (exact) mass is 363 g/mol. The lowest BCUT2D eigenvalue weighted by Gasteiger charge is -2.36. The van der Waals surface area contributed by atoms with Gasteiger partial charge in [-0.2, -0.15) is 8.78 Å². The first-order chi connectivity index (χ1) is 12.0. The number of hydrogen-bond acceptors (Lipinski definition) is 3. The Balaban J connectivity index is 1.76. The van der Waals surface area contributed by atoms with Gasteiger partial charge in [0.25, 0.3) is 0 Å². The minimum absolute atomic E-state index is 0.111. The zero-order chi connectivity index (χ0) is 18.3. The number of nitrogens with one attached hydrogen (secondary N) is 2. The highest BCUT2D eigenvalue weighted by atomic mass is 19.3. The maximum Gasteiger partial charge on any atom is 0.388 e. The van der Waals surface area contributed by atoms with Crippen molar-refractivity contribution in [2.75, 3.05) is 13.3 Å². The first kappa shape index (κ1) is 19.3. The second-order valence-electron chi connectivity index (χ2n) is 6.25. The zero-order valence-electron chi connectivity index (χ0n) is 13.6. The Bertz CT molecular complexity index is 560. The van der Waals surface area contributed by atoms with Crippen molar-refractivity contribution in [3.63, 3.8) is 0 Å². The van der Waals surface area contributed by atoms with Gasteiger partial charge < -0.3 is 15.4 Å². The van der Waals surface area contributed by atoms with Crippen LogP contribution in [0.15, 0.2) is 18.3 Å². The molecule has 1 heterocycles. The summed E-state index contributed by atoms with van der Waals surface area (Å²) >= 11 is 0. The van der Waals surface area contributed by atoms with Gasteiger partial charge >= 0.3 is 12.6 Å². The second kappa shape index (κ2) is 8.87. The van der Waals surface area contributed by atoms with Gasteiger partial charge in [-0.15, -0.1) is 0 Å². The van der Waals surface area contributed by atoms with Crippen LogP contribution < -0.4 is 15.4 Å². The van der Waals surface area contributed by atoms with Crippen molar-refractivity contribution < 1.29 is 27.1 Å². The van der Waals surface area contributed by atoms with E-state index in [2.05, 4.69) is 20.4 Å². The SMILES string of the molecule is O=C(NCc1ccnc(OC(F)F)c1)NC1CCC(CF)(CF)CC1. The number of nitrogens with zero attached hydrogens (tertiary/aromatic N) is 1. The van der Waals surface area contributed by atoms with Gasteiger partial charge in [-0.1, -0.05) is 0 Å². The smallest absolute Gasteiger partial charge is 0.388 e. The zero-order valence-corrected chi connectivity index (χ0v) is 13.6. The molecule has 2 N–H and O–H groups in total. The summed E-state index contributed by atoms with van der Waals surface area (Å²) in [5.41, 5.74) is -0.342. The average molecular weight is 363 g/mol. The summed E-state index contributed by atoms with van der Waals surface area (Å²) < 4.78 is 54.4. The molecule has 25 heavy (non-hydrogen) atoms.